The number of hydrogen-bond acceptors (Lipinski definition) is 5. The lowest BCUT2D eigenvalue weighted by molar-refractivity contribution is -0.133. The summed E-state index contributed by atoms with van der Waals surface area (Å²) in [6.07, 6.45) is 0. The molecule has 1 N–H and O–H groups in total. The van der Waals surface area contributed by atoms with Crippen LogP contribution in [-0.2, 0) is 11.3 Å². The van der Waals surface area contributed by atoms with Gasteiger partial charge in [-0.3, -0.25) is 4.79 Å². The Hall–Kier alpha value is -1.89. The largest absolute Gasteiger partial charge is 0.481 e. The van der Waals surface area contributed by atoms with E-state index in [9.17, 15) is 4.79 Å². The van der Waals surface area contributed by atoms with Crippen molar-refractivity contribution in [1.29, 1.82) is 0 Å². The number of carboxylic acid groups (broad SMARTS) is 1. The first-order chi connectivity index (χ1) is 9.56. The van der Waals surface area contributed by atoms with E-state index in [-0.39, 0.29) is 5.75 Å². The standard InChI is InChI=1S/C13H16N4O2S/c1-9(2)11-5-3-10(4-6-11)7-17-13(14-15-16-17)20-8-12(18)19/h3-6,9H,7-8H2,1-2H3,(H,18,19). The molecule has 0 fully saturated rings. The van der Waals surface area contributed by atoms with Crippen molar-refractivity contribution in [3.63, 3.8) is 0 Å². The second kappa shape index (κ2) is 6.51. The van der Waals surface area contributed by atoms with Crippen LogP contribution in [0.2, 0.25) is 0 Å². The van der Waals surface area contributed by atoms with Gasteiger partial charge in [0.25, 0.3) is 0 Å². The molecule has 0 bridgehead atoms. The van der Waals surface area contributed by atoms with Crippen LogP contribution in [0.3, 0.4) is 0 Å². The third-order valence-corrected chi connectivity index (χ3v) is 3.74. The molecule has 0 atom stereocenters. The summed E-state index contributed by atoms with van der Waals surface area (Å²) in [7, 11) is 0. The van der Waals surface area contributed by atoms with E-state index in [1.165, 1.54) is 5.56 Å². The van der Waals surface area contributed by atoms with Crippen LogP contribution in [0.4, 0.5) is 0 Å². The minimum Gasteiger partial charge on any atom is -0.481 e. The first-order valence-corrected chi connectivity index (χ1v) is 7.24. The fourth-order valence-corrected chi connectivity index (χ4v) is 2.30. The molecule has 1 aromatic heterocycles. The molecule has 0 saturated heterocycles. The Balaban J connectivity index is 2.06. The van der Waals surface area contributed by atoms with Crippen LogP contribution in [0.15, 0.2) is 29.4 Å². The fourth-order valence-electron chi connectivity index (χ4n) is 1.71. The van der Waals surface area contributed by atoms with E-state index >= 15 is 0 Å². The van der Waals surface area contributed by atoms with Crippen molar-refractivity contribution >= 4 is 17.7 Å². The minimum absolute atomic E-state index is 0.0489. The molecule has 0 radical (unpaired) electrons. The molecule has 106 valence electrons. The highest BCUT2D eigenvalue weighted by Gasteiger charge is 2.09. The van der Waals surface area contributed by atoms with Crippen molar-refractivity contribution in [3.8, 4) is 0 Å². The SMILES string of the molecule is CC(C)c1ccc(Cn2nnnc2SCC(=O)O)cc1. The number of aliphatic carboxylic acids is 1. The Morgan fingerprint density at radius 1 is 1.35 bits per heavy atom. The Morgan fingerprint density at radius 3 is 2.65 bits per heavy atom. The van der Waals surface area contributed by atoms with Gasteiger partial charge in [0.05, 0.1) is 12.3 Å². The number of thioether (sulfide) groups is 1. The van der Waals surface area contributed by atoms with Gasteiger partial charge in [0.2, 0.25) is 5.16 Å². The van der Waals surface area contributed by atoms with Crippen molar-refractivity contribution in [3.05, 3.63) is 35.4 Å². The number of tetrazole rings is 1. The zero-order valence-corrected chi connectivity index (χ0v) is 12.2. The lowest BCUT2D eigenvalue weighted by Gasteiger charge is -2.07. The first-order valence-electron chi connectivity index (χ1n) is 6.26. The molecule has 6 nitrogen and oxygen atoms in total. The molecule has 7 heteroatoms. The van der Waals surface area contributed by atoms with Gasteiger partial charge in [-0.15, -0.1) is 5.10 Å². The molecular weight excluding hydrogens is 276 g/mol. The fraction of sp³-hybridized carbons (Fsp3) is 0.385. The zero-order valence-electron chi connectivity index (χ0n) is 11.4. The molecule has 20 heavy (non-hydrogen) atoms. The number of aromatic nitrogens is 4. The van der Waals surface area contributed by atoms with Crippen molar-refractivity contribution in [2.75, 3.05) is 5.75 Å². The second-order valence-corrected chi connectivity index (χ2v) is 5.64. The maximum Gasteiger partial charge on any atom is 0.313 e. The van der Waals surface area contributed by atoms with Crippen molar-refractivity contribution < 1.29 is 9.90 Å². The smallest absolute Gasteiger partial charge is 0.313 e. The number of carbonyl (C=O) groups is 1. The van der Waals surface area contributed by atoms with Crippen LogP contribution < -0.4 is 0 Å². The van der Waals surface area contributed by atoms with Crippen LogP contribution in [0.1, 0.15) is 30.9 Å². The van der Waals surface area contributed by atoms with Crippen molar-refractivity contribution in [2.45, 2.75) is 31.5 Å². The van der Waals surface area contributed by atoms with Crippen LogP contribution in [-0.4, -0.2) is 37.0 Å². The highest BCUT2D eigenvalue weighted by molar-refractivity contribution is 7.99. The predicted molar refractivity (Wildman–Crippen MR) is 75.8 cm³/mol. The summed E-state index contributed by atoms with van der Waals surface area (Å²) in [6.45, 7) is 4.83. The van der Waals surface area contributed by atoms with Gasteiger partial charge in [-0.25, -0.2) is 4.68 Å². The van der Waals surface area contributed by atoms with E-state index in [1.807, 2.05) is 12.1 Å². The summed E-state index contributed by atoms with van der Waals surface area (Å²) in [5, 5.41) is 20.5. The maximum atomic E-state index is 10.6. The number of hydrogen-bond donors (Lipinski definition) is 1. The Labute approximate surface area is 121 Å². The van der Waals surface area contributed by atoms with Gasteiger partial charge in [0.15, 0.2) is 0 Å². The van der Waals surface area contributed by atoms with Gasteiger partial charge >= 0.3 is 5.97 Å². The van der Waals surface area contributed by atoms with Crippen LogP contribution >= 0.6 is 11.8 Å². The van der Waals surface area contributed by atoms with Gasteiger partial charge < -0.3 is 5.11 Å². The Bertz CT molecular complexity index is 580. The molecule has 1 aromatic carbocycles. The van der Waals surface area contributed by atoms with Gasteiger partial charge in [-0.05, 0) is 27.5 Å². The van der Waals surface area contributed by atoms with Crippen LogP contribution in [0.5, 0.6) is 0 Å². The molecule has 0 aliphatic rings. The summed E-state index contributed by atoms with van der Waals surface area (Å²) in [6, 6.07) is 8.27. The third kappa shape index (κ3) is 3.80. The van der Waals surface area contributed by atoms with E-state index in [0.717, 1.165) is 17.3 Å². The lowest BCUT2D eigenvalue weighted by atomic mass is 10.0. The van der Waals surface area contributed by atoms with Crippen LogP contribution in [0, 0.1) is 0 Å². The molecular formula is C13H16N4O2S. The van der Waals surface area contributed by atoms with E-state index in [4.69, 9.17) is 5.11 Å². The lowest BCUT2D eigenvalue weighted by Crippen LogP contribution is -2.06. The van der Waals surface area contributed by atoms with Crippen molar-refractivity contribution in [1.82, 2.24) is 20.2 Å². The van der Waals surface area contributed by atoms with Crippen molar-refractivity contribution in [2.24, 2.45) is 0 Å². The average Bonchev–Trinajstić information content (AvgIpc) is 2.84. The first kappa shape index (κ1) is 14.5. The number of nitrogens with zero attached hydrogens (tertiary/aromatic N) is 4. The molecule has 0 amide bonds. The number of benzene rings is 1. The maximum absolute atomic E-state index is 10.6. The summed E-state index contributed by atoms with van der Waals surface area (Å²) in [5.74, 6) is -0.434. The van der Waals surface area contributed by atoms with E-state index < -0.39 is 5.97 Å². The van der Waals surface area contributed by atoms with Gasteiger partial charge in [-0.2, -0.15) is 0 Å². The molecule has 0 spiro atoms. The molecule has 0 unspecified atom stereocenters. The van der Waals surface area contributed by atoms with Gasteiger partial charge in [0.1, 0.15) is 0 Å². The zero-order chi connectivity index (χ0) is 14.5. The van der Waals surface area contributed by atoms with Gasteiger partial charge in [-0.1, -0.05) is 49.9 Å². The summed E-state index contributed by atoms with van der Waals surface area (Å²) >= 11 is 1.12. The van der Waals surface area contributed by atoms with E-state index in [0.29, 0.717) is 17.6 Å². The average molecular weight is 292 g/mol. The van der Waals surface area contributed by atoms with Crippen LogP contribution in [0.25, 0.3) is 0 Å². The van der Waals surface area contributed by atoms with E-state index in [1.54, 1.807) is 4.68 Å². The summed E-state index contributed by atoms with van der Waals surface area (Å²) in [4.78, 5) is 10.6. The third-order valence-electron chi connectivity index (χ3n) is 2.80. The molecule has 0 aliphatic heterocycles. The topological polar surface area (TPSA) is 80.9 Å². The highest BCUT2D eigenvalue weighted by Crippen LogP contribution is 2.17. The number of carboxylic acids is 1. The predicted octanol–water partition coefficient (Wildman–Crippen LogP) is 2.02. The number of rotatable bonds is 6. The molecule has 0 aliphatic carbocycles. The molecule has 0 saturated carbocycles. The minimum atomic E-state index is -0.883. The molecule has 2 aromatic rings. The monoisotopic (exact) mass is 292 g/mol. The normalized spacial score (nSPS) is 10.9. The Kier molecular flexibility index (Phi) is 4.73. The molecule has 1 heterocycles. The quantitative estimate of drug-likeness (QED) is 0.820. The summed E-state index contributed by atoms with van der Waals surface area (Å²) in [5.41, 5.74) is 2.37. The van der Waals surface area contributed by atoms with Gasteiger partial charge in [0, 0.05) is 0 Å². The van der Waals surface area contributed by atoms with E-state index in [2.05, 4.69) is 41.5 Å². The second-order valence-electron chi connectivity index (χ2n) is 4.70. The highest BCUT2D eigenvalue weighted by atomic mass is 32.2. The summed E-state index contributed by atoms with van der Waals surface area (Å²) < 4.78 is 1.61. The Morgan fingerprint density at radius 2 is 2.05 bits per heavy atom. The molecule has 2 rings (SSSR count).